The van der Waals surface area contributed by atoms with Gasteiger partial charge in [0.2, 0.25) is 0 Å². The molecule has 7 heteroatoms. The van der Waals surface area contributed by atoms with E-state index in [4.69, 9.17) is 21.4 Å². The van der Waals surface area contributed by atoms with Crippen LogP contribution in [0.4, 0.5) is 4.39 Å². The Morgan fingerprint density at radius 3 is 2.90 bits per heavy atom. The number of hydrogen-bond donors (Lipinski definition) is 1. The molecule has 0 spiro atoms. The predicted molar refractivity (Wildman–Crippen MR) is 69.3 cm³/mol. The topological polar surface area (TPSA) is 66.8 Å². The molecule has 20 heavy (non-hydrogen) atoms. The number of morpholine rings is 1. The van der Waals surface area contributed by atoms with Crippen molar-refractivity contribution in [2.45, 2.75) is 12.5 Å². The van der Waals surface area contributed by atoms with Gasteiger partial charge in [-0.1, -0.05) is 11.6 Å². The first kappa shape index (κ1) is 14.7. The second-order valence-electron chi connectivity index (χ2n) is 4.45. The zero-order chi connectivity index (χ0) is 14.7. The van der Waals surface area contributed by atoms with E-state index in [1.165, 1.54) is 17.0 Å². The molecule has 1 amide bonds. The average Bonchev–Trinajstić information content (AvgIpc) is 2.41. The average molecular weight is 302 g/mol. The van der Waals surface area contributed by atoms with E-state index in [1.807, 2.05) is 0 Å². The van der Waals surface area contributed by atoms with Gasteiger partial charge in [-0.15, -0.1) is 0 Å². The van der Waals surface area contributed by atoms with Crippen molar-refractivity contribution in [3.05, 3.63) is 34.6 Å². The standard InChI is InChI=1S/C13H13ClFNO4/c14-10-2-1-8(5-11(10)15)13(19)16-3-4-20-7-9(16)6-12(17)18/h1-2,5,9H,3-4,6-7H2,(H,17,18). The molecule has 0 aliphatic carbocycles. The highest BCUT2D eigenvalue weighted by Gasteiger charge is 2.30. The van der Waals surface area contributed by atoms with Gasteiger partial charge in [0.15, 0.2) is 0 Å². The fraction of sp³-hybridized carbons (Fsp3) is 0.385. The first-order valence-corrected chi connectivity index (χ1v) is 6.42. The molecule has 1 unspecified atom stereocenters. The van der Waals surface area contributed by atoms with Gasteiger partial charge in [0.25, 0.3) is 5.91 Å². The summed E-state index contributed by atoms with van der Waals surface area (Å²) in [5.74, 6) is -2.11. The largest absolute Gasteiger partial charge is 0.481 e. The van der Waals surface area contributed by atoms with Crippen molar-refractivity contribution in [1.82, 2.24) is 4.90 Å². The minimum atomic E-state index is -1.01. The molecule has 5 nitrogen and oxygen atoms in total. The van der Waals surface area contributed by atoms with Crippen LogP contribution in [0.3, 0.4) is 0 Å². The summed E-state index contributed by atoms with van der Waals surface area (Å²) in [6, 6.07) is 3.22. The van der Waals surface area contributed by atoms with E-state index in [9.17, 15) is 14.0 Å². The highest BCUT2D eigenvalue weighted by atomic mass is 35.5. The number of benzene rings is 1. The minimum Gasteiger partial charge on any atom is -0.481 e. The number of ether oxygens (including phenoxy) is 1. The first-order valence-electron chi connectivity index (χ1n) is 6.04. The van der Waals surface area contributed by atoms with Crippen molar-refractivity contribution in [2.24, 2.45) is 0 Å². The summed E-state index contributed by atoms with van der Waals surface area (Å²) in [5.41, 5.74) is 0.143. The van der Waals surface area contributed by atoms with Gasteiger partial charge in [-0.2, -0.15) is 0 Å². The van der Waals surface area contributed by atoms with Crippen LogP contribution in [0, 0.1) is 5.82 Å². The number of hydrogen-bond acceptors (Lipinski definition) is 3. The quantitative estimate of drug-likeness (QED) is 0.924. The lowest BCUT2D eigenvalue weighted by atomic mass is 10.1. The second-order valence-corrected chi connectivity index (χ2v) is 4.86. The summed E-state index contributed by atoms with van der Waals surface area (Å²) in [6.07, 6.45) is -0.207. The SMILES string of the molecule is O=C(O)CC1COCCN1C(=O)c1ccc(Cl)c(F)c1. The Bertz CT molecular complexity index is 537. The van der Waals surface area contributed by atoms with Crippen molar-refractivity contribution < 1.29 is 23.8 Å². The van der Waals surface area contributed by atoms with Gasteiger partial charge >= 0.3 is 5.97 Å². The van der Waals surface area contributed by atoms with Crippen LogP contribution in [0.5, 0.6) is 0 Å². The summed E-state index contributed by atoms with van der Waals surface area (Å²) in [4.78, 5) is 24.5. The summed E-state index contributed by atoms with van der Waals surface area (Å²) in [6.45, 7) is 0.771. The Morgan fingerprint density at radius 2 is 2.25 bits per heavy atom. The summed E-state index contributed by atoms with van der Waals surface area (Å²) < 4.78 is 18.6. The lowest BCUT2D eigenvalue weighted by Crippen LogP contribution is -2.49. The van der Waals surface area contributed by atoms with E-state index < -0.39 is 23.7 Å². The molecule has 0 aromatic heterocycles. The molecular weight excluding hydrogens is 289 g/mol. The Kier molecular flexibility index (Phi) is 4.57. The fourth-order valence-electron chi connectivity index (χ4n) is 2.09. The van der Waals surface area contributed by atoms with Gasteiger partial charge in [-0.05, 0) is 18.2 Å². The molecule has 0 radical (unpaired) electrons. The molecular formula is C13H13ClFNO4. The number of carbonyl (C=O) groups excluding carboxylic acids is 1. The number of carboxylic acid groups (broad SMARTS) is 1. The van der Waals surface area contributed by atoms with Crippen molar-refractivity contribution in [3.8, 4) is 0 Å². The van der Waals surface area contributed by atoms with Gasteiger partial charge in [0, 0.05) is 12.1 Å². The predicted octanol–water partition coefficient (Wildman–Crippen LogP) is 1.79. The molecule has 1 fully saturated rings. The smallest absolute Gasteiger partial charge is 0.305 e. The van der Waals surface area contributed by atoms with E-state index in [-0.39, 0.29) is 30.2 Å². The zero-order valence-corrected chi connectivity index (χ0v) is 11.3. The van der Waals surface area contributed by atoms with Gasteiger partial charge < -0.3 is 14.7 Å². The van der Waals surface area contributed by atoms with Crippen molar-refractivity contribution >= 4 is 23.5 Å². The molecule has 108 valence electrons. The molecule has 1 aromatic carbocycles. The number of halogens is 2. The van der Waals surface area contributed by atoms with Gasteiger partial charge in [0.05, 0.1) is 30.7 Å². The van der Waals surface area contributed by atoms with Gasteiger partial charge in [0.1, 0.15) is 5.82 Å². The molecule has 0 saturated carbocycles. The minimum absolute atomic E-state index is 0.0642. The third kappa shape index (κ3) is 3.26. The zero-order valence-electron chi connectivity index (χ0n) is 10.5. The van der Waals surface area contributed by atoms with E-state index in [0.29, 0.717) is 6.61 Å². The molecule has 1 N–H and O–H groups in total. The summed E-state index contributed by atoms with van der Waals surface area (Å²) >= 11 is 5.57. The lowest BCUT2D eigenvalue weighted by molar-refractivity contribution is -0.139. The van der Waals surface area contributed by atoms with E-state index in [0.717, 1.165) is 6.07 Å². The fourth-order valence-corrected chi connectivity index (χ4v) is 2.21. The highest BCUT2D eigenvalue weighted by Crippen LogP contribution is 2.19. The maximum Gasteiger partial charge on any atom is 0.305 e. The van der Waals surface area contributed by atoms with Gasteiger partial charge in [-0.25, -0.2) is 4.39 Å². The van der Waals surface area contributed by atoms with Crippen LogP contribution in [0.1, 0.15) is 16.8 Å². The molecule has 1 atom stereocenters. The third-order valence-corrected chi connectivity index (χ3v) is 3.37. The number of aliphatic carboxylic acids is 1. The number of carboxylic acids is 1. The van der Waals surface area contributed by atoms with E-state index in [2.05, 4.69) is 0 Å². The summed E-state index contributed by atoms with van der Waals surface area (Å²) in [5, 5.41) is 8.78. The third-order valence-electron chi connectivity index (χ3n) is 3.07. The van der Waals surface area contributed by atoms with Crippen LogP contribution in [0.15, 0.2) is 18.2 Å². The van der Waals surface area contributed by atoms with Crippen LogP contribution in [0.2, 0.25) is 5.02 Å². The Labute approximate surface area is 119 Å². The normalized spacial score (nSPS) is 18.9. The number of nitrogens with zero attached hydrogens (tertiary/aromatic N) is 1. The Hall–Kier alpha value is -1.66. The van der Waals surface area contributed by atoms with Crippen molar-refractivity contribution in [3.63, 3.8) is 0 Å². The monoisotopic (exact) mass is 301 g/mol. The molecule has 1 saturated heterocycles. The molecule has 0 bridgehead atoms. The Balaban J connectivity index is 2.20. The molecule has 1 aromatic rings. The van der Waals surface area contributed by atoms with Gasteiger partial charge in [-0.3, -0.25) is 9.59 Å². The van der Waals surface area contributed by atoms with Crippen LogP contribution in [0.25, 0.3) is 0 Å². The number of carbonyl (C=O) groups is 2. The maximum atomic E-state index is 13.4. The van der Waals surface area contributed by atoms with Crippen LogP contribution < -0.4 is 0 Å². The first-order chi connectivity index (χ1) is 9.49. The van der Waals surface area contributed by atoms with Crippen LogP contribution in [-0.2, 0) is 9.53 Å². The number of amides is 1. The second kappa shape index (κ2) is 6.19. The molecule has 1 heterocycles. The van der Waals surface area contributed by atoms with Crippen molar-refractivity contribution in [1.29, 1.82) is 0 Å². The van der Waals surface area contributed by atoms with Crippen LogP contribution in [-0.4, -0.2) is 47.7 Å². The van der Waals surface area contributed by atoms with E-state index >= 15 is 0 Å². The molecule has 2 rings (SSSR count). The van der Waals surface area contributed by atoms with E-state index in [1.54, 1.807) is 0 Å². The maximum absolute atomic E-state index is 13.4. The van der Waals surface area contributed by atoms with Crippen molar-refractivity contribution in [2.75, 3.05) is 19.8 Å². The summed E-state index contributed by atoms with van der Waals surface area (Å²) in [7, 11) is 0. The molecule has 1 aliphatic rings. The Morgan fingerprint density at radius 1 is 1.50 bits per heavy atom. The lowest BCUT2D eigenvalue weighted by Gasteiger charge is -2.34. The number of rotatable bonds is 3. The van der Waals surface area contributed by atoms with Crippen LogP contribution >= 0.6 is 11.6 Å². The molecule has 1 aliphatic heterocycles. The highest BCUT2D eigenvalue weighted by molar-refractivity contribution is 6.30.